The Morgan fingerprint density at radius 2 is 1.86 bits per heavy atom. The number of nitrogens with zero attached hydrogens (tertiary/aromatic N) is 1. The van der Waals surface area contributed by atoms with Crippen molar-refractivity contribution in [2.45, 2.75) is 24.1 Å². The highest BCUT2D eigenvalue weighted by atomic mass is 32.2. The Morgan fingerprint density at radius 1 is 1.14 bits per heavy atom. The molecule has 0 unspecified atom stereocenters. The molecule has 2 N–H and O–H groups in total. The van der Waals surface area contributed by atoms with E-state index in [-0.39, 0.29) is 24.5 Å². The molecule has 1 aromatic carbocycles. The van der Waals surface area contributed by atoms with E-state index in [0.29, 0.717) is 18.8 Å². The van der Waals surface area contributed by atoms with Gasteiger partial charge in [0, 0.05) is 6.54 Å². The van der Waals surface area contributed by atoms with Crippen LogP contribution in [0.1, 0.15) is 12.2 Å². The van der Waals surface area contributed by atoms with Gasteiger partial charge in [0.15, 0.2) is 0 Å². The number of benzene rings is 1. The molecule has 156 valence electrons. The molecule has 2 aromatic rings. The second-order valence-corrected chi connectivity index (χ2v) is 8.11. The van der Waals surface area contributed by atoms with Gasteiger partial charge >= 0.3 is 11.8 Å². The molecular formula is C18H20FN3O6S. The minimum atomic E-state index is -3.96. The van der Waals surface area contributed by atoms with Crippen molar-refractivity contribution in [1.29, 1.82) is 0 Å². The zero-order valence-corrected chi connectivity index (χ0v) is 16.2. The maximum absolute atomic E-state index is 13.1. The molecule has 3 rings (SSSR count). The van der Waals surface area contributed by atoms with Gasteiger partial charge in [-0.15, -0.1) is 0 Å². The topological polar surface area (TPSA) is 118 Å². The Morgan fingerprint density at radius 3 is 2.55 bits per heavy atom. The van der Waals surface area contributed by atoms with Crippen LogP contribution >= 0.6 is 0 Å². The monoisotopic (exact) mass is 425 g/mol. The van der Waals surface area contributed by atoms with Crippen LogP contribution in [0.25, 0.3) is 0 Å². The van der Waals surface area contributed by atoms with Crippen LogP contribution in [0.4, 0.5) is 4.39 Å². The van der Waals surface area contributed by atoms with E-state index in [1.54, 1.807) is 12.1 Å². The Bertz CT molecular complexity index is 946. The third kappa shape index (κ3) is 5.19. The summed E-state index contributed by atoms with van der Waals surface area (Å²) >= 11 is 0. The van der Waals surface area contributed by atoms with Crippen molar-refractivity contribution in [3.63, 3.8) is 0 Å². The molecule has 0 saturated carbocycles. The summed E-state index contributed by atoms with van der Waals surface area (Å²) in [6.45, 7) is 0.309. The van der Waals surface area contributed by atoms with Crippen LogP contribution in [-0.2, 0) is 30.9 Å². The fourth-order valence-corrected chi connectivity index (χ4v) is 4.33. The maximum atomic E-state index is 13.1. The molecule has 2 amide bonds. The summed E-state index contributed by atoms with van der Waals surface area (Å²) in [7, 11) is -3.96. The standard InChI is InChI=1S/C18H20FN3O6S/c19-13-4-6-15(7-5-13)29(25,26)22-8-2-10-28-16(22)12-21-18(24)17(23)20-11-14-3-1-9-27-14/h1,3-7,9,16H,2,8,10-12H2,(H,20,23)(H,21,24)/t16-/m1/s1. The third-order valence-corrected chi connectivity index (χ3v) is 6.12. The molecule has 1 aliphatic rings. The lowest BCUT2D eigenvalue weighted by Gasteiger charge is -2.34. The molecule has 0 radical (unpaired) electrons. The first kappa shape index (κ1) is 21.0. The molecule has 11 heteroatoms. The van der Waals surface area contributed by atoms with Gasteiger partial charge in [-0.05, 0) is 42.8 Å². The molecule has 1 fully saturated rings. The van der Waals surface area contributed by atoms with Crippen LogP contribution < -0.4 is 10.6 Å². The van der Waals surface area contributed by atoms with Crippen molar-refractivity contribution in [3.8, 4) is 0 Å². The number of sulfonamides is 1. The normalized spacial score (nSPS) is 17.6. The predicted octanol–water partition coefficient (Wildman–Crippen LogP) is 0.588. The van der Waals surface area contributed by atoms with Crippen LogP contribution in [0.5, 0.6) is 0 Å². The van der Waals surface area contributed by atoms with E-state index < -0.39 is 33.9 Å². The highest BCUT2D eigenvalue weighted by Crippen LogP contribution is 2.22. The van der Waals surface area contributed by atoms with E-state index in [0.717, 1.165) is 28.6 Å². The van der Waals surface area contributed by atoms with Crippen LogP contribution in [0.15, 0.2) is 52.0 Å². The number of hydrogen-bond donors (Lipinski definition) is 2. The molecule has 2 heterocycles. The average molecular weight is 425 g/mol. The lowest BCUT2D eigenvalue weighted by atomic mass is 10.3. The van der Waals surface area contributed by atoms with Crippen LogP contribution in [0, 0.1) is 5.82 Å². The Hall–Kier alpha value is -2.76. The number of rotatable bonds is 6. The molecule has 0 spiro atoms. The minimum absolute atomic E-state index is 0.0459. The molecule has 0 aliphatic carbocycles. The highest BCUT2D eigenvalue weighted by molar-refractivity contribution is 7.89. The average Bonchev–Trinajstić information content (AvgIpc) is 3.24. The van der Waals surface area contributed by atoms with Crippen molar-refractivity contribution in [3.05, 3.63) is 54.2 Å². The van der Waals surface area contributed by atoms with Crippen molar-refractivity contribution >= 4 is 21.8 Å². The van der Waals surface area contributed by atoms with Gasteiger partial charge in [-0.3, -0.25) is 9.59 Å². The summed E-state index contributed by atoms with van der Waals surface area (Å²) in [6, 6.07) is 7.73. The number of halogens is 1. The number of carbonyl (C=O) groups excluding carboxylic acids is 2. The number of amides is 2. The Labute approximate surface area is 166 Å². The second kappa shape index (κ2) is 9.16. The van der Waals surface area contributed by atoms with Crippen LogP contribution in [0.2, 0.25) is 0 Å². The van der Waals surface area contributed by atoms with Gasteiger partial charge in [0.2, 0.25) is 10.0 Å². The molecule has 29 heavy (non-hydrogen) atoms. The third-order valence-electron chi connectivity index (χ3n) is 4.22. The van der Waals surface area contributed by atoms with Crippen LogP contribution in [0.3, 0.4) is 0 Å². The lowest BCUT2D eigenvalue weighted by molar-refractivity contribution is -0.140. The molecule has 1 atom stereocenters. The molecule has 9 nitrogen and oxygen atoms in total. The summed E-state index contributed by atoms with van der Waals surface area (Å²) in [5.41, 5.74) is 0. The van der Waals surface area contributed by atoms with Gasteiger partial charge in [0.05, 0.1) is 30.9 Å². The predicted molar refractivity (Wildman–Crippen MR) is 98.2 cm³/mol. The Kier molecular flexibility index (Phi) is 6.62. The maximum Gasteiger partial charge on any atom is 0.309 e. The first-order valence-electron chi connectivity index (χ1n) is 8.85. The van der Waals surface area contributed by atoms with Crippen molar-refractivity contribution in [2.75, 3.05) is 19.7 Å². The number of hydrogen-bond acceptors (Lipinski definition) is 6. The minimum Gasteiger partial charge on any atom is -0.467 e. The van der Waals surface area contributed by atoms with Gasteiger partial charge in [-0.25, -0.2) is 12.8 Å². The fourth-order valence-electron chi connectivity index (χ4n) is 2.77. The van der Waals surface area contributed by atoms with Gasteiger partial charge in [0.1, 0.15) is 17.8 Å². The zero-order valence-electron chi connectivity index (χ0n) is 15.3. The van der Waals surface area contributed by atoms with E-state index in [1.165, 1.54) is 6.26 Å². The van der Waals surface area contributed by atoms with Crippen molar-refractivity contribution in [2.24, 2.45) is 0 Å². The van der Waals surface area contributed by atoms with Gasteiger partial charge in [-0.1, -0.05) is 0 Å². The van der Waals surface area contributed by atoms with E-state index in [4.69, 9.17) is 9.15 Å². The smallest absolute Gasteiger partial charge is 0.309 e. The van der Waals surface area contributed by atoms with E-state index in [9.17, 15) is 22.4 Å². The number of ether oxygens (including phenoxy) is 1. The molecule has 0 bridgehead atoms. The summed E-state index contributed by atoms with van der Waals surface area (Å²) < 4.78 is 50.4. The highest BCUT2D eigenvalue weighted by Gasteiger charge is 2.35. The van der Waals surface area contributed by atoms with Crippen molar-refractivity contribution in [1.82, 2.24) is 14.9 Å². The van der Waals surface area contributed by atoms with Gasteiger partial charge in [-0.2, -0.15) is 4.31 Å². The van der Waals surface area contributed by atoms with Crippen LogP contribution in [-0.4, -0.2) is 50.5 Å². The van der Waals surface area contributed by atoms with Gasteiger partial charge < -0.3 is 19.8 Å². The van der Waals surface area contributed by atoms with E-state index >= 15 is 0 Å². The molecule has 1 aromatic heterocycles. The van der Waals surface area contributed by atoms with E-state index in [1.807, 2.05) is 0 Å². The quantitative estimate of drug-likeness (QED) is 0.654. The lowest BCUT2D eigenvalue weighted by Crippen LogP contribution is -2.53. The largest absolute Gasteiger partial charge is 0.467 e. The number of furan rings is 1. The number of carbonyl (C=O) groups is 2. The summed E-state index contributed by atoms with van der Waals surface area (Å²) in [5, 5.41) is 4.76. The zero-order chi connectivity index (χ0) is 20.9. The van der Waals surface area contributed by atoms with E-state index in [2.05, 4.69) is 10.6 Å². The first-order chi connectivity index (χ1) is 13.9. The molecule has 1 aliphatic heterocycles. The first-order valence-corrected chi connectivity index (χ1v) is 10.3. The van der Waals surface area contributed by atoms with Gasteiger partial charge in [0.25, 0.3) is 0 Å². The summed E-state index contributed by atoms with van der Waals surface area (Å²) in [5.74, 6) is -1.88. The molecule has 1 saturated heterocycles. The summed E-state index contributed by atoms with van der Waals surface area (Å²) in [6.07, 6.45) is 0.924. The second-order valence-electron chi connectivity index (χ2n) is 6.22. The number of nitrogens with one attached hydrogen (secondary N) is 2. The molecular weight excluding hydrogens is 405 g/mol. The Balaban J connectivity index is 1.60. The summed E-state index contributed by atoms with van der Waals surface area (Å²) in [4.78, 5) is 23.8. The van der Waals surface area contributed by atoms with Crippen molar-refractivity contribution < 1.29 is 31.6 Å². The fraction of sp³-hybridized carbons (Fsp3) is 0.333. The SMILES string of the molecule is O=C(NCc1ccco1)C(=O)NC[C@H]1OCCCN1S(=O)(=O)c1ccc(F)cc1.